The van der Waals surface area contributed by atoms with Gasteiger partial charge in [0.15, 0.2) is 0 Å². The van der Waals surface area contributed by atoms with Crippen molar-refractivity contribution in [3.05, 3.63) is 29.8 Å². The number of aromatic hydroxyl groups is 1. The Morgan fingerprint density at radius 3 is 2.47 bits per heavy atom. The van der Waals surface area contributed by atoms with Gasteiger partial charge in [0, 0.05) is 0 Å². The van der Waals surface area contributed by atoms with Crippen LogP contribution in [0.4, 0.5) is 8.96 Å². The number of guanidine groups is 1. The third kappa shape index (κ3) is 2.55. The maximum absolute atomic E-state index is 13.2. The third-order valence-electron chi connectivity index (χ3n) is 2.02. The predicted octanol–water partition coefficient (Wildman–Crippen LogP) is 2.05. The number of nitrogens with one attached hydrogen (secondary N) is 2. The molecule has 0 amide bonds. The van der Waals surface area contributed by atoms with E-state index < -0.39 is 12.0 Å². The SMILES string of the molecule is CC(c1ccc(O)cc1)N(F)C(=N)NF. The molecule has 0 aliphatic rings. The van der Waals surface area contributed by atoms with Gasteiger partial charge in [-0.2, -0.15) is 10.7 Å². The van der Waals surface area contributed by atoms with Gasteiger partial charge in [-0.15, -0.1) is 4.48 Å². The summed E-state index contributed by atoms with van der Waals surface area (Å²) in [5, 5.41) is 15.8. The Bertz CT molecular complexity index is 342. The molecular formula is C9H11F2N3O. The normalized spacial score (nSPS) is 11.9. The van der Waals surface area contributed by atoms with Crippen LogP contribution < -0.4 is 5.54 Å². The Kier molecular flexibility index (Phi) is 3.43. The highest BCUT2D eigenvalue weighted by atomic mass is 19.2. The van der Waals surface area contributed by atoms with Crippen molar-refractivity contribution in [3.8, 4) is 5.75 Å². The molecule has 0 aliphatic heterocycles. The molecule has 0 heterocycles. The van der Waals surface area contributed by atoms with Crippen molar-refractivity contribution in [1.82, 2.24) is 10.7 Å². The molecule has 1 atom stereocenters. The molecule has 1 unspecified atom stereocenters. The number of nitrogens with zero attached hydrogens (tertiary/aromatic N) is 1. The fourth-order valence-electron chi connectivity index (χ4n) is 1.12. The summed E-state index contributed by atoms with van der Waals surface area (Å²) in [6.45, 7) is 1.47. The van der Waals surface area contributed by atoms with Crippen LogP contribution in [0.3, 0.4) is 0 Å². The van der Waals surface area contributed by atoms with E-state index in [1.165, 1.54) is 31.2 Å². The van der Waals surface area contributed by atoms with E-state index in [2.05, 4.69) is 0 Å². The highest BCUT2D eigenvalue weighted by Gasteiger charge is 2.18. The van der Waals surface area contributed by atoms with E-state index in [4.69, 9.17) is 10.5 Å². The molecule has 1 rings (SSSR count). The fourth-order valence-corrected chi connectivity index (χ4v) is 1.12. The van der Waals surface area contributed by atoms with Gasteiger partial charge < -0.3 is 5.11 Å². The average Bonchev–Trinajstić information content (AvgIpc) is 2.27. The van der Waals surface area contributed by atoms with E-state index in [-0.39, 0.29) is 10.9 Å². The number of hydrogen-bond acceptors (Lipinski definition) is 2. The molecule has 6 heteroatoms. The van der Waals surface area contributed by atoms with Crippen LogP contribution in [0.25, 0.3) is 0 Å². The zero-order valence-corrected chi connectivity index (χ0v) is 8.04. The molecule has 1 aromatic rings. The number of rotatable bonds is 2. The largest absolute Gasteiger partial charge is 0.508 e. The molecule has 0 fully saturated rings. The summed E-state index contributed by atoms with van der Waals surface area (Å²) in [5.74, 6) is -0.898. The summed E-state index contributed by atoms with van der Waals surface area (Å²) in [7, 11) is 0. The Labute approximate surface area is 85.5 Å². The molecule has 0 bridgehead atoms. The molecule has 15 heavy (non-hydrogen) atoms. The zero-order chi connectivity index (χ0) is 11.4. The van der Waals surface area contributed by atoms with Crippen LogP contribution in [-0.2, 0) is 0 Å². The summed E-state index contributed by atoms with van der Waals surface area (Å²) in [6.07, 6.45) is 0. The molecule has 0 aliphatic carbocycles. The Balaban J connectivity index is 2.80. The minimum atomic E-state index is -0.962. The van der Waals surface area contributed by atoms with Crippen molar-refractivity contribution in [1.29, 1.82) is 5.41 Å². The first-order valence-electron chi connectivity index (χ1n) is 4.25. The van der Waals surface area contributed by atoms with Crippen molar-refractivity contribution in [2.75, 3.05) is 0 Å². The smallest absolute Gasteiger partial charge is 0.249 e. The number of phenols is 1. The summed E-state index contributed by atoms with van der Waals surface area (Å²) in [6, 6.07) is 4.98. The van der Waals surface area contributed by atoms with Crippen molar-refractivity contribution in [2.45, 2.75) is 13.0 Å². The van der Waals surface area contributed by atoms with Crippen LogP contribution in [-0.4, -0.2) is 16.2 Å². The Morgan fingerprint density at radius 2 is 2.00 bits per heavy atom. The quantitative estimate of drug-likeness (QED) is 0.402. The topological polar surface area (TPSA) is 59.4 Å². The Hall–Kier alpha value is -1.85. The van der Waals surface area contributed by atoms with Crippen LogP contribution in [0.1, 0.15) is 18.5 Å². The average molecular weight is 215 g/mol. The van der Waals surface area contributed by atoms with Gasteiger partial charge in [-0.05, 0) is 24.6 Å². The first kappa shape index (κ1) is 11.2. The lowest BCUT2D eigenvalue weighted by atomic mass is 10.1. The molecule has 0 aromatic heterocycles. The van der Waals surface area contributed by atoms with E-state index in [0.717, 1.165) is 5.54 Å². The first-order valence-corrected chi connectivity index (χ1v) is 4.25. The molecule has 82 valence electrons. The highest BCUT2D eigenvalue weighted by molar-refractivity contribution is 5.74. The van der Waals surface area contributed by atoms with E-state index in [0.29, 0.717) is 5.56 Å². The van der Waals surface area contributed by atoms with Gasteiger partial charge in [-0.1, -0.05) is 16.6 Å². The number of halogens is 2. The molecular weight excluding hydrogens is 204 g/mol. The van der Waals surface area contributed by atoms with Gasteiger partial charge in [0.1, 0.15) is 5.75 Å². The van der Waals surface area contributed by atoms with Gasteiger partial charge in [-0.25, -0.2) is 0 Å². The molecule has 4 nitrogen and oxygen atoms in total. The second-order valence-corrected chi connectivity index (χ2v) is 3.02. The molecule has 0 spiro atoms. The van der Waals surface area contributed by atoms with E-state index in [1.54, 1.807) is 0 Å². The van der Waals surface area contributed by atoms with Crippen LogP contribution in [0.2, 0.25) is 0 Å². The van der Waals surface area contributed by atoms with E-state index in [1.807, 2.05) is 0 Å². The molecule has 3 N–H and O–H groups in total. The molecule has 0 saturated heterocycles. The lowest BCUT2D eigenvalue weighted by Gasteiger charge is -2.20. The van der Waals surface area contributed by atoms with Gasteiger partial charge in [0.2, 0.25) is 5.96 Å². The van der Waals surface area contributed by atoms with Gasteiger partial charge in [0.05, 0.1) is 6.04 Å². The van der Waals surface area contributed by atoms with Crippen LogP contribution in [0, 0.1) is 5.41 Å². The van der Waals surface area contributed by atoms with Crippen molar-refractivity contribution in [3.63, 3.8) is 0 Å². The third-order valence-corrected chi connectivity index (χ3v) is 2.02. The number of benzene rings is 1. The summed E-state index contributed by atoms with van der Waals surface area (Å²) >= 11 is 0. The minimum absolute atomic E-state index is 0.0492. The maximum Gasteiger partial charge on any atom is 0.249 e. The fraction of sp³-hybridized carbons (Fsp3) is 0.222. The van der Waals surface area contributed by atoms with E-state index in [9.17, 15) is 8.96 Å². The second kappa shape index (κ2) is 4.59. The first-order chi connectivity index (χ1) is 7.06. The van der Waals surface area contributed by atoms with Crippen molar-refractivity contribution < 1.29 is 14.1 Å². The minimum Gasteiger partial charge on any atom is -0.508 e. The predicted molar refractivity (Wildman–Crippen MR) is 51.4 cm³/mol. The maximum atomic E-state index is 13.2. The van der Waals surface area contributed by atoms with Gasteiger partial charge in [-0.3, -0.25) is 5.41 Å². The molecule has 1 aromatic carbocycles. The Morgan fingerprint density at radius 1 is 1.47 bits per heavy atom. The van der Waals surface area contributed by atoms with Crippen LogP contribution >= 0.6 is 0 Å². The molecule has 0 saturated carbocycles. The van der Waals surface area contributed by atoms with Crippen molar-refractivity contribution in [2.24, 2.45) is 0 Å². The second-order valence-electron chi connectivity index (χ2n) is 3.02. The summed E-state index contributed by atoms with van der Waals surface area (Å²) in [5.41, 5.74) is 1.44. The van der Waals surface area contributed by atoms with Gasteiger partial charge >= 0.3 is 0 Å². The standard InChI is InChI=1S/C9H11F2N3O/c1-6(14(11)9(12)13-10)7-2-4-8(15)5-3-7/h2-6,15H,1H3,(H2,12,13). The number of hydrogen-bond donors (Lipinski definition) is 3. The highest BCUT2D eigenvalue weighted by Crippen LogP contribution is 2.22. The van der Waals surface area contributed by atoms with Crippen LogP contribution in [0.15, 0.2) is 24.3 Å². The monoisotopic (exact) mass is 215 g/mol. The van der Waals surface area contributed by atoms with Crippen LogP contribution in [0.5, 0.6) is 5.75 Å². The van der Waals surface area contributed by atoms with Gasteiger partial charge in [0.25, 0.3) is 0 Å². The zero-order valence-electron chi connectivity index (χ0n) is 8.04. The lowest BCUT2D eigenvalue weighted by Crippen LogP contribution is -2.32. The van der Waals surface area contributed by atoms with Crippen molar-refractivity contribution >= 4 is 5.96 Å². The summed E-state index contributed by atoms with van der Waals surface area (Å²) in [4.78, 5) is 0. The summed E-state index contributed by atoms with van der Waals surface area (Å²) < 4.78 is 25.0. The van der Waals surface area contributed by atoms with E-state index >= 15 is 0 Å². The number of phenolic OH excluding ortho intramolecular Hbond substituents is 1. The molecule has 0 radical (unpaired) electrons. The lowest BCUT2D eigenvalue weighted by molar-refractivity contribution is 0.0605.